The Morgan fingerprint density at radius 2 is 1.86 bits per heavy atom. The van der Waals surface area contributed by atoms with Gasteiger partial charge in [0.2, 0.25) is 5.76 Å². The fourth-order valence-electron chi connectivity index (χ4n) is 2.30. The number of cyclic esters (lactones) is 1. The molecule has 2 rings (SSSR count). The summed E-state index contributed by atoms with van der Waals surface area (Å²) < 4.78 is 33.6. The van der Waals surface area contributed by atoms with Crippen LogP contribution in [0.25, 0.3) is 5.57 Å². The predicted octanol–water partition coefficient (Wildman–Crippen LogP) is 1.79. The van der Waals surface area contributed by atoms with Gasteiger partial charge in [-0.25, -0.2) is 13.2 Å². The van der Waals surface area contributed by atoms with E-state index in [1.54, 1.807) is 26.0 Å². The molecule has 1 aliphatic heterocycles. The molecule has 0 unspecified atom stereocenters. The standard InChI is InChI=1S/C16H16O5S/c1-5-10-20-14-13(16(2,3)21-15(14)17)11-6-8-12(9-7-11)22(4,18)19/h1,6-9H,10H2,2-4H3. The Labute approximate surface area is 129 Å². The normalized spacial score (nSPS) is 17.1. The van der Waals surface area contributed by atoms with E-state index in [0.717, 1.165) is 6.26 Å². The van der Waals surface area contributed by atoms with Crippen LogP contribution in [-0.2, 0) is 24.1 Å². The number of sulfone groups is 1. The number of benzene rings is 1. The lowest BCUT2D eigenvalue weighted by Crippen LogP contribution is -2.22. The maximum Gasteiger partial charge on any atom is 0.374 e. The second-order valence-corrected chi connectivity index (χ2v) is 7.41. The van der Waals surface area contributed by atoms with Gasteiger partial charge in [-0.2, -0.15) is 0 Å². The summed E-state index contributed by atoms with van der Waals surface area (Å²) in [6.07, 6.45) is 6.29. The van der Waals surface area contributed by atoms with E-state index in [-0.39, 0.29) is 17.3 Å². The molecule has 0 bridgehead atoms. The van der Waals surface area contributed by atoms with Gasteiger partial charge in [0, 0.05) is 6.26 Å². The second-order valence-electron chi connectivity index (χ2n) is 5.39. The summed E-state index contributed by atoms with van der Waals surface area (Å²) in [5.41, 5.74) is 0.316. The Morgan fingerprint density at radius 1 is 1.27 bits per heavy atom. The molecular weight excluding hydrogens is 304 g/mol. The summed E-state index contributed by atoms with van der Waals surface area (Å²) in [6.45, 7) is 3.42. The van der Waals surface area contributed by atoms with Crippen LogP contribution >= 0.6 is 0 Å². The first-order valence-corrected chi connectivity index (χ1v) is 8.41. The molecule has 0 atom stereocenters. The average molecular weight is 320 g/mol. The molecule has 116 valence electrons. The van der Waals surface area contributed by atoms with Gasteiger partial charge in [-0.15, -0.1) is 6.42 Å². The number of esters is 1. The van der Waals surface area contributed by atoms with Gasteiger partial charge >= 0.3 is 5.97 Å². The van der Waals surface area contributed by atoms with E-state index >= 15 is 0 Å². The summed E-state index contributed by atoms with van der Waals surface area (Å²) in [6, 6.07) is 6.20. The molecule has 0 radical (unpaired) electrons. The predicted molar refractivity (Wildman–Crippen MR) is 81.4 cm³/mol. The Kier molecular flexibility index (Phi) is 4.03. The minimum Gasteiger partial charge on any atom is -0.473 e. The van der Waals surface area contributed by atoms with Crippen LogP contribution in [-0.4, -0.2) is 32.9 Å². The van der Waals surface area contributed by atoms with Crippen LogP contribution < -0.4 is 0 Å². The molecule has 0 amide bonds. The highest BCUT2D eigenvalue weighted by atomic mass is 32.2. The van der Waals surface area contributed by atoms with Gasteiger partial charge in [-0.3, -0.25) is 0 Å². The summed E-state index contributed by atoms with van der Waals surface area (Å²) in [5, 5.41) is 0. The molecular formula is C16H16O5S. The van der Waals surface area contributed by atoms with E-state index in [1.165, 1.54) is 12.1 Å². The molecule has 0 saturated carbocycles. The number of ether oxygens (including phenoxy) is 2. The summed E-state index contributed by atoms with van der Waals surface area (Å²) >= 11 is 0. The van der Waals surface area contributed by atoms with Crippen molar-refractivity contribution in [2.45, 2.75) is 24.3 Å². The van der Waals surface area contributed by atoms with Crippen molar-refractivity contribution in [3.8, 4) is 12.3 Å². The molecule has 1 aromatic carbocycles. The minimum absolute atomic E-state index is 0.0502. The van der Waals surface area contributed by atoms with E-state index in [9.17, 15) is 13.2 Å². The fraction of sp³-hybridized carbons (Fsp3) is 0.312. The van der Waals surface area contributed by atoms with Crippen LogP contribution in [0.15, 0.2) is 34.9 Å². The van der Waals surface area contributed by atoms with Crippen molar-refractivity contribution >= 4 is 21.4 Å². The Morgan fingerprint density at radius 3 is 2.36 bits per heavy atom. The third-order valence-corrected chi connectivity index (χ3v) is 4.36. The molecule has 0 fully saturated rings. The van der Waals surface area contributed by atoms with E-state index in [1.807, 2.05) is 0 Å². The van der Waals surface area contributed by atoms with Crippen molar-refractivity contribution < 1.29 is 22.7 Å². The van der Waals surface area contributed by atoms with Crippen molar-refractivity contribution in [1.82, 2.24) is 0 Å². The highest BCUT2D eigenvalue weighted by Crippen LogP contribution is 2.40. The van der Waals surface area contributed by atoms with Crippen molar-refractivity contribution in [2.24, 2.45) is 0 Å². The Balaban J connectivity index is 2.53. The first-order chi connectivity index (χ1) is 10.2. The van der Waals surface area contributed by atoms with E-state index in [2.05, 4.69) is 5.92 Å². The average Bonchev–Trinajstić information content (AvgIpc) is 2.64. The first-order valence-electron chi connectivity index (χ1n) is 6.51. The maximum absolute atomic E-state index is 11.9. The van der Waals surface area contributed by atoms with Crippen LogP contribution in [0.3, 0.4) is 0 Å². The molecule has 1 heterocycles. The molecule has 6 heteroatoms. The van der Waals surface area contributed by atoms with Gasteiger partial charge in [0.25, 0.3) is 0 Å². The van der Waals surface area contributed by atoms with Crippen molar-refractivity contribution in [3.05, 3.63) is 35.6 Å². The van der Waals surface area contributed by atoms with Gasteiger partial charge in [-0.1, -0.05) is 18.1 Å². The molecule has 0 aromatic heterocycles. The fourth-order valence-corrected chi connectivity index (χ4v) is 2.93. The zero-order valence-electron chi connectivity index (χ0n) is 12.5. The SMILES string of the molecule is C#CCOC1=C(c2ccc(S(C)(=O)=O)cc2)C(C)(C)OC1=O. The maximum atomic E-state index is 11.9. The van der Waals surface area contributed by atoms with Crippen LogP contribution in [0.5, 0.6) is 0 Å². The molecule has 1 aromatic rings. The van der Waals surface area contributed by atoms with E-state index in [0.29, 0.717) is 11.1 Å². The van der Waals surface area contributed by atoms with E-state index in [4.69, 9.17) is 15.9 Å². The second kappa shape index (κ2) is 5.50. The number of carbonyl (C=O) groups is 1. The van der Waals surface area contributed by atoms with Gasteiger partial charge in [-0.05, 0) is 31.5 Å². The zero-order valence-corrected chi connectivity index (χ0v) is 13.4. The van der Waals surface area contributed by atoms with Crippen molar-refractivity contribution in [3.63, 3.8) is 0 Å². The lowest BCUT2D eigenvalue weighted by Gasteiger charge is -2.21. The Hall–Kier alpha value is -2.26. The van der Waals surface area contributed by atoms with Crippen LogP contribution in [0, 0.1) is 12.3 Å². The van der Waals surface area contributed by atoms with Gasteiger partial charge in [0.1, 0.15) is 12.2 Å². The lowest BCUT2D eigenvalue weighted by atomic mass is 9.92. The summed E-state index contributed by atoms with van der Waals surface area (Å²) in [5.74, 6) is 1.78. The smallest absolute Gasteiger partial charge is 0.374 e. The quantitative estimate of drug-likeness (QED) is 0.625. The number of carbonyl (C=O) groups excluding carboxylic acids is 1. The number of hydrogen-bond acceptors (Lipinski definition) is 5. The minimum atomic E-state index is -3.28. The molecule has 0 spiro atoms. The van der Waals surface area contributed by atoms with Gasteiger partial charge in [0.15, 0.2) is 9.84 Å². The lowest BCUT2D eigenvalue weighted by molar-refractivity contribution is -0.146. The number of hydrogen-bond donors (Lipinski definition) is 0. The largest absolute Gasteiger partial charge is 0.473 e. The highest BCUT2D eigenvalue weighted by molar-refractivity contribution is 7.90. The summed E-state index contributed by atoms with van der Waals surface area (Å²) in [7, 11) is -3.28. The molecule has 0 aliphatic carbocycles. The first kappa shape index (κ1) is 16.1. The van der Waals surface area contributed by atoms with Crippen molar-refractivity contribution in [1.29, 1.82) is 0 Å². The van der Waals surface area contributed by atoms with Gasteiger partial charge < -0.3 is 9.47 Å². The van der Waals surface area contributed by atoms with Crippen LogP contribution in [0.2, 0.25) is 0 Å². The van der Waals surface area contributed by atoms with Crippen LogP contribution in [0.4, 0.5) is 0 Å². The monoisotopic (exact) mass is 320 g/mol. The third kappa shape index (κ3) is 3.00. The highest BCUT2D eigenvalue weighted by Gasteiger charge is 2.42. The van der Waals surface area contributed by atoms with Crippen LogP contribution in [0.1, 0.15) is 19.4 Å². The zero-order chi connectivity index (χ0) is 16.5. The molecule has 0 N–H and O–H groups in total. The number of terminal acetylenes is 1. The molecule has 1 aliphatic rings. The molecule has 22 heavy (non-hydrogen) atoms. The Bertz CT molecular complexity index is 777. The molecule has 0 saturated heterocycles. The number of rotatable bonds is 4. The third-order valence-electron chi connectivity index (χ3n) is 3.23. The van der Waals surface area contributed by atoms with Crippen molar-refractivity contribution in [2.75, 3.05) is 12.9 Å². The summed E-state index contributed by atoms with van der Waals surface area (Å²) in [4.78, 5) is 12.1. The van der Waals surface area contributed by atoms with Gasteiger partial charge in [0.05, 0.1) is 10.5 Å². The van der Waals surface area contributed by atoms with E-state index < -0.39 is 21.4 Å². The molecule has 5 nitrogen and oxygen atoms in total. The topological polar surface area (TPSA) is 69.7 Å².